The molecule has 0 spiro atoms. The van der Waals surface area contributed by atoms with Crippen molar-refractivity contribution in [1.29, 1.82) is 0 Å². The molecule has 0 bridgehead atoms. The summed E-state index contributed by atoms with van der Waals surface area (Å²) in [5.41, 5.74) is 1.87. The number of unbranched alkanes of at least 4 members (excludes halogenated alkanes) is 4. The molecular weight excluding hydrogens is 216 g/mol. The number of hydrogen-bond acceptors (Lipinski definition) is 2. The first kappa shape index (κ1) is 15.9. The zero-order chi connectivity index (χ0) is 12.4. The molecule has 0 N–H and O–H groups in total. The van der Waals surface area contributed by atoms with Crippen LogP contribution in [0, 0.1) is 0 Å². The van der Waals surface area contributed by atoms with Gasteiger partial charge in [0.05, 0.1) is 0 Å². The van der Waals surface area contributed by atoms with E-state index in [1.165, 1.54) is 25.7 Å². The minimum absolute atomic E-state index is 0.217. The molecule has 0 saturated heterocycles. The van der Waals surface area contributed by atoms with Crippen molar-refractivity contribution in [2.45, 2.75) is 65.5 Å². The van der Waals surface area contributed by atoms with Crippen LogP contribution >= 0.6 is 0 Å². The van der Waals surface area contributed by atoms with Crippen LogP contribution < -0.4 is 0 Å². The quantitative estimate of drug-likeness (QED) is 0.424. The van der Waals surface area contributed by atoms with E-state index in [-0.39, 0.29) is 6.10 Å². The first-order valence-corrected chi connectivity index (χ1v) is 8.89. The minimum atomic E-state index is -2.09. The van der Waals surface area contributed by atoms with Crippen molar-refractivity contribution in [2.75, 3.05) is 6.61 Å². The second-order valence-electron chi connectivity index (χ2n) is 4.65. The molecule has 0 saturated carbocycles. The van der Waals surface area contributed by atoms with Crippen LogP contribution in [0.5, 0.6) is 0 Å². The van der Waals surface area contributed by atoms with Crippen LogP contribution in [0.2, 0.25) is 6.55 Å². The third kappa shape index (κ3) is 8.08. The molecule has 0 heterocycles. The smallest absolute Gasteiger partial charge is 0.361 e. The molecule has 0 aromatic carbocycles. The van der Waals surface area contributed by atoms with Gasteiger partial charge in [-0.05, 0) is 32.5 Å². The number of rotatable bonds is 10. The highest BCUT2D eigenvalue weighted by Crippen LogP contribution is 2.13. The highest BCUT2D eigenvalue weighted by molar-refractivity contribution is 6.71. The first-order valence-electron chi connectivity index (χ1n) is 6.49. The predicted molar refractivity (Wildman–Crippen MR) is 72.7 cm³/mol. The van der Waals surface area contributed by atoms with Gasteiger partial charge in [-0.2, -0.15) is 0 Å². The molecule has 0 rings (SSSR count). The maximum Gasteiger partial charge on any atom is 0.361 e. The molecule has 0 aliphatic carbocycles. The normalized spacial score (nSPS) is 15.1. The number of hydrogen-bond donors (Lipinski definition) is 0. The first-order chi connectivity index (χ1) is 7.54. The summed E-state index contributed by atoms with van der Waals surface area (Å²) in [6, 6.07) is 0. The van der Waals surface area contributed by atoms with Crippen molar-refractivity contribution >= 4 is 8.56 Å². The van der Waals surface area contributed by atoms with Crippen LogP contribution in [0.1, 0.15) is 52.9 Å². The Balaban J connectivity index is 3.65. The van der Waals surface area contributed by atoms with Crippen molar-refractivity contribution in [2.24, 2.45) is 0 Å². The summed E-state index contributed by atoms with van der Waals surface area (Å²) in [5.74, 6) is 0. The Kier molecular flexibility index (Phi) is 8.90. The van der Waals surface area contributed by atoms with Crippen molar-refractivity contribution in [3.8, 4) is 0 Å². The zero-order valence-corrected chi connectivity index (χ0v) is 12.4. The lowest BCUT2D eigenvalue weighted by Gasteiger charge is -2.25. The minimum Gasteiger partial charge on any atom is -0.391 e. The van der Waals surface area contributed by atoms with Crippen LogP contribution in [-0.2, 0) is 8.85 Å². The third-order valence-corrected chi connectivity index (χ3v) is 4.94. The molecule has 0 amide bonds. The van der Waals surface area contributed by atoms with Gasteiger partial charge in [-0.25, -0.2) is 0 Å². The van der Waals surface area contributed by atoms with Gasteiger partial charge in [-0.1, -0.05) is 32.6 Å². The Morgan fingerprint density at radius 3 is 2.31 bits per heavy atom. The van der Waals surface area contributed by atoms with Crippen molar-refractivity contribution in [1.82, 2.24) is 0 Å². The van der Waals surface area contributed by atoms with E-state index in [1.807, 2.05) is 19.5 Å². The van der Waals surface area contributed by atoms with Gasteiger partial charge in [0, 0.05) is 12.7 Å². The van der Waals surface area contributed by atoms with E-state index >= 15 is 0 Å². The van der Waals surface area contributed by atoms with Gasteiger partial charge in [0.15, 0.2) is 0 Å². The molecular formula is C13H28O2Si. The summed E-state index contributed by atoms with van der Waals surface area (Å²) in [7, 11) is -2.09. The van der Waals surface area contributed by atoms with Crippen molar-refractivity contribution in [3.63, 3.8) is 0 Å². The van der Waals surface area contributed by atoms with Crippen LogP contribution in [0.4, 0.5) is 0 Å². The molecule has 3 heteroatoms. The average molecular weight is 244 g/mol. The Bertz CT molecular complexity index is 183. The zero-order valence-electron chi connectivity index (χ0n) is 11.4. The van der Waals surface area contributed by atoms with E-state index in [1.54, 1.807) is 0 Å². The molecule has 0 aromatic heterocycles. The summed E-state index contributed by atoms with van der Waals surface area (Å²) in [5, 5.41) is 0. The lowest BCUT2D eigenvalue weighted by molar-refractivity contribution is 0.144. The molecule has 0 radical (unpaired) electrons. The van der Waals surface area contributed by atoms with Gasteiger partial charge in [0.2, 0.25) is 0 Å². The molecule has 0 aliphatic rings. The highest BCUT2D eigenvalue weighted by Gasteiger charge is 2.28. The largest absolute Gasteiger partial charge is 0.391 e. The SMILES string of the molecule is C=C[Si](C)(OCCCCCCC)OC(C)C. The molecule has 0 aliphatic heterocycles. The monoisotopic (exact) mass is 244 g/mol. The molecule has 96 valence electrons. The maximum atomic E-state index is 5.87. The molecule has 0 aromatic rings. The maximum absolute atomic E-state index is 5.87. The lowest BCUT2D eigenvalue weighted by Crippen LogP contribution is -2.39. The second-order valence-corrected chi connectivity index (χ2v) is 7.61. The van der Waals surface area contributed by atoms with Crippen LogP contribution in [0.25, 0.3) is 0 Å². The van der Waals surface area contributed by atoms with Gasteiger partial charge in [0.1, 0.15) is 0 Å². The fraction of sp³-hybridized carbons (Fsp3) is 0.846. The van der Waals surface area contributed by atoms with E-state index < -0.39 is 8.56 Å². The Labute approximate surface area is 102 Å². The van der Waals surface area contributed by atoms with Crippen molar-refractivity contribution in [3.05, 3.63) is 12.3 Å². The molecule has 1 unspecified atom stereocenters. The van der Waals surface area contributed by atoms with E-state index in [0.29, 0.717) is 0 Å². The predicted octanol–water partition coefficient (Wildman–Crippen LogP) is 4.20. The van der Waals surface area contributed by atoms with Crippen molar-refractivity contribution < 1.29 is 8.85 Å². The van der Waals surface area contributed by atoms with Crippen LogP contribution in [0.3, 0.4) is 0 Å². The molecule has 1 atom stereocenters. The second kappa shape index (κ2) is 8.96. The average Bonchev–Trinajstić information content (AvgIpc) is 2.22. The lowest BCUT2D eigenvalue weighted by atomic mass is 10.2. The summed E-state index contributed by atoms with van der Waals surface area (Å²) in [6.07, 6.45) is 6.55. The fourth-order valence-corrected chi connectivity index (χ4v) is 3.36. The van der Waals surface area contributed by atoms with E-state index in [9.17, 15) is 0 Å². The summed E-state index contributed by atoms with van der Waals surface area (Å²) in [6.45, 7) is 13.0. The van der Waals surface area contributed by atoms with Crippen LogP contribution in [-0.4, -0.2) is 21.3 Å². The summed E-state index contributed by atoms with van der Waals surface area (Å²) < 4.78 is 11.7. The Morgan fingerprint density at radius 2 is 1.81 bits per heavy atom. The summed E-state index contributed by atoms with van der Waals surface area (Å²) >= 11 is 0. The van der Waals surface area contributed by atoms with Gasteiger partial charge < -0.3 is 8.85 Å². The summed E-state index contributed by atoms with van der Waals surface area (Å²) in [4.78, 5) is 0. The van der Waals surface area contributed by atoms with Gasteiger partial charge in [0.25, 0.3) is 0 Å². The van der Waals surface area contributed by atoms with E-state index in [4.69, 9.17) is 8.85 Å². The topological polar surface area (TPSA) is 18.5 Å². The Morgan fingerprint density at radius 1 is 1.19 bits per heavy atom. The fourth-order valence-electron chi connectivity index (χ4n) is 1.59. The van der Waals surface area contributed by atoms with Gasteiger partial charge >= 0.3 is 8.56 Å². The van der Waals surface area contributed by atoms with E-state index in [2.05, 4.69) is 20.0 Å². The highest BCUT2D eigenvalue weighted by atomic mass is 28.4. The van der Waals surface area contributed by atoms with Crippen LogP contribution in [0.15, 0.2) is 12.3 Å². The molecule has 16 heavy (non-hydrogen) atoms. The standard InChI is InChI=1S/C13H28O2Si/c1-6-8-9-10-11-12-14-16(5,7-2)15-13(3)4/h7,13H,2,6,8-12H2,1,3-5H3. The van der Waals surface area contributed by atoms with E-state index in [0.717, 1.165) is 13.0 Å². The molecule has 2 nitrogen and oxygen atoms in total. The van der Waals surface area contributed by atoms with Gasteiger partial charge in [-0.3, -0.25) is 0 Å². The third-order valence-electron chi connectivity index (χ3n) is 2.48. The molecule has 0 fully saturated rings. The Hall–Kier alpha value is -0.123. The van der Waals surface area contributed by atoms with Gasteiger partial charge in [-0.15, -0.1) is 6.58 Å².